The van der Waals surface area contributed by atoms with E-state index in [0.717, 1.165) is 28.1 Å². The molecule has 6 nitrogen and oxygen atoms in total. The molecule has 0 saturated carbocycles. The standard InChI is InChI=1S/C26H25F2N3O3/c1-26(2,3)34-25(33)30-13-15-4-7-17(8-5-15)24(32)29-14-16-6-9-18-19-11-20(27)21(28)12-23(19)31-22(18)10-16/h4-12,31H,13-14H2,1-3H3,(H,29,32)(H,30,33). The fourth-order valence-electron chi connectivity index (χ4n) is 3.60. The number of rotatable bonds is 5. The van der Waals surface area contributed by atoms with Crippen LogP contribution in [0.5, 0.6) is 0 Å². The number of H-pyrrole nitrogens is 1. The van der Waals surface area contributed by atoms with Crippen molar-refractivity contribution < 1.29 is 23.1 Å². The fourth-order valence-corrected chi connectivity index (χ4v) is 3.60. The SMILES string of the molecule is CC(C)(C)OC(=O)NCc1ccc(C(=O)NCc2ccc3c(c2)[nH]c2cc(F)c(F)cc23)cc1. The van der Waals surface area contributed by atoms with Crippen LogP contribution in [0.1, 0.15) is 42.3 Å². The third kappa shape index (κ3) is 5.33. The van der Waals surface area contributed by atoms with Crippen LogP contribution in [0.3, 0.4) is 0 Å². The van der Waals surface area contributed by atoms with E-state index in [1.807, 2.05) is 18.2 Å². The first-order chi connectivity index (χ1) is 16.1. The summed E-state index contributed by atoms with van der Waals surface area (Å²) in [7, 11) is 0. The van der Waals surface area contributed by atoms with E-state index >= 15 is 0 Å². The van der Waals surface area contributed by atoms with E-state index in [1.54, 1.807) is 45.0 Å². The number of ether oxygens (including phenoxy) is 1. The number of aromatic nitrogens is 1. The van der Waals surface area contributed by atoms with Crippen LogP contribution < -0.4 is 10.6 Å². The van der Waals surface area contributed by atoms with Crippen LogP contribution in [0.15, 0.2) is 54.6 Å². The summed E-state index contributed by atoms with van der Waals surface area (Å²) in [5, 5.41) is 6.92. The summed E-state index contributed by atoms with van der Waals surface area (Å²) in [4.78, 5) is 27.4. The van der Waals surface area contributed by atoms with Gasteiger partial charge in [0.15, 0.2) is 11.6 Å². The minimum Gasteiger partial charge on any atom is -0.444 e. The molecule has 2 amide bonds. The summed E-state index contributed by atoms with van der Waals surface area (Å²) in [6, 6.07) is 14.7. The number of benzene rings is 3. The first-order valence-corrected chi connectivity index (χ1v) is 10.8. The lowest BCUT2D eigenvalue weighted by molar-refractivity contribution is 0.0523. The van der Waals surface area contributed by atoms with E-state index in [1.165, 1.54) is 6.07 Å². The molecule has 4 aromatic rings. The van der Waals surface area contributed by atoms with Crippen molar-refractivity contribution in [2.75, 3.05) is 0 Å². The quantitative estimate of drug-likeness (QED) is 0.361. The lowest BCUT2D eigenvalue weighted by Gasteiger charge is -2.19. The Morgan fingerprint density at radius 3 is 2.15 bits per heavy atom. The van der Waals surface area contributed by atoms with Crippen molar-refractivity contribution in [3.8, 4) is 0 Å². The maximum absolute atomic E-state index is 13.6. The highest BCUT2D eigenvalue weighted by Gasteiger charge is 2.16. The monoisotopic (exact) mass is 465 g/mol. The number of amides is 2. The number of carbonyl (C=O) groups is 2. The Hall–Kier alpha value is -3.94. The van der Waals surface area contributed by atoms with Crippen LogP contribution in [0, 0.1) is 11.6 Å². The van der Waals surface area contributed by atoms with E-state index in [-0.39, 0.29) is 19.0 Å². The molecule has 0 radical (unpaired) electrons. The number of alkyl carbamates (subject to hydrolysis) is 1. The first kappa shape index (κ1) is 23.2. The van der Waals surface area contributed by atoms with Gasteiger partial charge in [-0.05, 0) is 56.2 Å². The van der Waals surface area contributed by atoms with E-state index < -0.39 is 23.3 Å². The number of hydrogen-bond acceptors (Lipinski definition) is 3. The van der Waals surface area contributed by atoms with Crippen LogP contribution in [0.25, 0.3) is 21.8 Å². The topological polar surface area (TPSA) is 83.2 Å². The lowest BCUT2D eigenvalue weighted by atomic mass is 10.1. The van der Waals surface area contributed by atoms with Crippen LogP contribution >= 0.6 is 0 Å². The van der Waals surface area contributed by atoms with Gasteiger partial charge in [-0.3, -0.25) is 4.79 Å². The zero-order chi connectivity index (χ0) is 24.5. The van der Waals surface area contributed by atoms with Crippen molar-refractivity contribution in [3.05, 3.63) is 82.9 Å². The second kappa shape index (κ2) is 9.13. The highest BCUT2D eigenvalue weighted by molar-refractivity contribution is 6.07. The van der Waals surface area contributed by atoms with Gasteiger partial charge < -0.3 is 20.4 Å². The number of fused-ring (bicyclic) bond motifs is 3. The molecule has 0 bridgehead atoms. The minimum atomic E-state index is -0.904. The van der Waals surface area contributed by atoms with Gasteiger partial charge in [0.25, 0.3) is 5.91 Å². The zero-order valence-corrected chi connectivity index (χ0v) is 19.1. The second-order valence-corrected chi connectivity index (χ2v) is 9.05. The van der Waals surface area contributed by atoms with Gasteiger partial charge in [-0.2, -0.15) is 0 Å². The summed E-state index contributed by atoms with van der Waals surface area (Å²) in [6.07, 6.45) is -0.503. The molecule has 0 fully saturated rings. The predicted octanol–water partition coefficient (Wildman–Crippen LogP) is 5.55. The molecule has 176 valence electrons. The molecule has 0 atom stereocenters. The number of aromatic amines is 1. The van der Waals surface area contributed by atoms with Crippen LogP contribution in [-0.4, -0.2) is 22.6 Å². The Balaban J connectivity index is 1.36. The molecule has 1 heterocycles. The Bertz CT molecular complexity index is 1370. The minimum absolute atomic E-state index is 0.243. The van der Waals surface area contributed by atoms with Gasteiger partial charge in [0.05, 0.1) is 0 Å². The normalized spacial score (nSPS) is 11.6. The average molecular weight is 466 g/mol. The maximum Gasteiger partial charge on any atom is 0.407 e. The number of halogens is 2. The number of hydrogen-bond donors (Lipinski definition) is 3. The zero-order valence-electron chi connectivity index (χ0n) is 19.1. The molecular weight excluding hydrogens is 440 g/mol. The average Bonchev–Trinajstić information content (AvgIpc) is 3.12. The highest BCUT2D eigenvalue weighted by Crippen LogP contribution is 2.28. The van der Waals surface area contributed by atoms with Crippen molar-refractivity contribution in [1.29, 1.82) is 0 Å². The molecule has 4 rings (SSSR count). The Morgan fingerprint density at radius 1 is 0.824 bits per heavy atom. The van der Waals surface area contributed by atoms with Gasteiger partial charge in [-0.1, -0.05) is 24.3 Å². The largest absolute Gasteiger partial charge is 0.444 e. The predicted molar refractivity (Wildman–Crippen MR) is 126 cm³/mol. The van der Waals surface area contributed by atoms with Gasteiger partial charge in [-0.15, -0.1) is 0 Å². The van der Waals surface area contributed by atoms with E-state index in [4.69, 9.17) is 4.74 Å². The third-order valence-electron chi connectivity index (χ3n) is 5.21. The van der Waals surface area contributed by atoms with E-state index in [9.17, 15) is 18.4 Å². The van der Waals surface area contributed by atoms with Crippen molar-refractivity contribution >= 4 is 33.8 Å². The molecule has 3 aromatic carbocycles. The Labute approximate surface area is 195 Å². The smallest absolute Gasteiger partial charge is 0.407 e. The molecule has 3 N–H and O–H groups in total. The second-order valence-electron chi connectivity index (χ2n) is 9.05. The van der Waals surface area contributed by atoms with Gasteiger partial charge in [-0.25, -0.2) is 13.6 Å². The lowest BCUT2D eigenvalue weighted by Crippen LogP contribution is -2.32. The van der Waals surface area contributed by atoms with Crippen molar-refractivity contribution in [1.82, 2.24) is 15.6 Å². The third-order valence-corrected chi connectivity index (χ3v) is 5.21. The summed E-state index contributed by atoms with van der Waals surface area (Å²) in [6.45, 7) is 5.95. The van der Waals surface area contributed by atoms with Gasteiger partial charge in [0.2, 0.25) is 0 Å². The van der Waals surface area contributed by atoms with E-state index in [2.05, 4.69) is 15.6 Å². The molecule has 0 aliphatic rings. The van der Waals surface area contributed by atoms with Gasteiger partial charge in [0, 0.05) is 46.5 Å². The van der Waals surface area contributed by atoms with Crippen LogP contribution in [0.4, 0.5) is 13.6 Å². The molecule has 8 heteroatoms. The molecule has 1 aromatic heterocycles. The maximum atomic E-state index is 13.6. The summed E-state index contributed by atoms with van der Waals surface area (Å²) >= 11 is 0. The van der Waals surface area contributed by atoms with Crippen LogP contribution in [-0.2, 0) is 17.8 Å². The van der Waals surface area contributed by atoms with E-state index in [0.29, 0.717) is 16.5 Å². The van der Waals surface area contributed by atoms with Gasteiger partial charge >= 0.3 is 6.09 Å². The van der Waals surface area contributed by atoms with Gasteiger partial charge in [0.1, 0.15) is 5.60 Å². The van der Waals surface area contributed by atoms with Crippen LogP contribution in [0.2, 0.25) is 0 Å². The molecular formula is C26H25F2N3O3. The molecule has 34 heavy (non-hydrogen) atoms. The Morgan fingerprint density at radius 2 is 1.44 bits per heavy atom. The first-order valence-electron chi connectivity index (χ1n) is 10.8. The molecule has 0 spiro atoms. The van der Waals surface area contributed by atoms with Crippen molar-refractivity contribution in [3.63, 3.8) is 0 Å². The summed E-state index contributed by atoms with van der Waals surface area (Å²) in [5.74, 6) is -2.04. The number of carbonyl (C=O) groups excluding carboxylic acids is 2. The molecule has 0 aliphatic carbocycles. The molecule has 0 saturated heterocycles. The summed E-state index contributed by atoms with van der Waals surface area (Å²) < 4.78 is 32.3. The highest BCUT2D eigenvalue weighted by atomic mass is 19.2. The summed E-state index contributed by atoms with van der Waals surface area (Å²) in [5.41, 5.74) is 2.83. The fraction of sp³-hybridized carbons (Fsp3) is 0.231. The molecule has 0 unspecified atom stereocenters. The number of nitrogens with one attached hydrogen (secondary N) is 3. The molecule has 0 aliphatic heterocycles. The Kier molecular flexibility index (Phi) is 6.24. The van der Waals surface area contributed by atoms with Crippen molar-refractivity contribution in [2.24, 2.45) is 0 Å². The van der Waals surface area contributed by atoms with Crippen molar-refractivity contribution in [2.45, 2.75) is 39.5 Å².